The summed E-state index contributed by atoms with van der Waals surface area (Å²) in [4.78, 5) is 9.06. The van der Waals surface area contributed by atoms with E-state index in [0.717, 1.165) is 49.5 Å². The molecule has 2 heterocycles. The fourth-order valence-electron chi connectivity index (χ4n) is 2.85. The normalized spacial score (nSPS) is 27.4. The van der Waals surface area contributed by atoms with Gasteiger partial charge in [0.25, 0.3) is 0 Å². The number of nitrogens with one attached hydrogen (secondary N) is 2. The molecule has 3 rings (SSSR count). The van der Waals surface area contributed by atoms with Gasteiger partial charge in [0.15, 0.2) is 11.8 Å². The molecule has 7 heteroatoms. The van der Waals surface area contributed by atoms with Gasteiger partial charge < -0.3 is 15.4 Å². The first-order chi connectivity index (χ1) is 10.7. The highest BCUT2D eigenvalue weighted by molar-refractivity contribution is 5.80. The lowest BCUT2D eigenvalue weighted by molar-refractivity contribution is 0.177. The Morgan fingerprint density at radius 1 is 1.45 bits per heavy atom. The first-order valence-corrected chi connectivity index (χ1v) is 8.18. The van der Waals surface area contributed by atoms with E-state index in [0.29, 0.717) is 18.7 Å². The number of guanidine groups is 1. The Kier molecular flexibility index (Phi) is 4.61. The molecule has 0 bridgehead atoms. The SMILES string of the molecule is CCN=C(NC1CCc2nc(COC)nn2C1)NC1CC1C. The number of aromatic nitrogens is 3. The zero-order chi connectivity index (χ0) is 15.5. The summed E-state index contributed by atoms with van der Waals surface area (Å²) in [5.74, 6) is 3.52. The minimum atomic E-state index is 0.344. The van der Waals surface area contributed by atoms with E-state index >= 15 is 0 Å². The zero-order valence-electron chi connectivity index (χ0n) is 13.7. The van der Waals surface area contributed by atoms with E-state index in [1.165, 1.54) is 6.42 Å². The number of aryl methyl sites for hydroxylation is 1. The largest absolute Gasteiger partial charge is 0.377 e. The lowest BCUT2D eigenvalue weighted by Crippen LogP contribution is -2.48. The second kappa shape index (κ2) is 6.64. The molecule has 2 aliphatic rings. The molecule has 3 unspecified atom stereocenters. The summed E-state index contributed by atoms with van der Waals surface area (Å²) in [6.45, 7) is 6.42. The van der Waals surface area contributed by atoms with Gasteiger partial charge in [-0.1, -0.05) is 6.92 Å². The van der Waals surface area contributed by atoms with Crippen molar-refractivity contribution in [1.82, 2.24) is 25.4 Å². The molecular formula is C15H26N6O. The summed E-state index contributed by atoms with van der Waals surface area (Å²) in [6, 6.07) is 0.924. The summed E-state index contributed by atoms with van der Waals surface area (Å²) in [5.41, 5.74) is 0. The predicted octanol–water partition coefficient (Wildman–Crippen LogP) is 0.703. The van der Waals surface area contributed by atoms with Gasteiger partial charge in [-0.05, 0) is 25.7 Å². The van der Waals surface area contributed by atoms with Crippen molar-refractivity contribution >= 4 is 5.96 Å². The molecule has 0 radical (unpaired) electrons. The van der Waals surface area contributed by atoms with Crippen molar-refractivity contribution in [2.45, 2.75) is 58.3 Å². The number of ether oxygens (including phenoxy) is 1. The average molecular weight is 306 g/mol. The number of methoxy groups -OCH3 is 1. The highest BCUT2D eigenvalue weighted by atomic mass is 16.5. The van der Waals surface area contributed by atoms with Crippen LogP contribution in [0.2, 0.25) is 0 Å². The van der Waals surface area contributed by atoms with E-state index in [9.17, 15) is 0 Å². The number of aliphatic imine (C=N–C) groups is 1. The van der Waals surface area contributed by atoms with Gasteiger partial charge in [0.05, 0.1) is 6.54 Å². The van der Waals surface area contributed by atoms with Crippen LogP contribution >= 0.6 is 0 Å². The van der Waals surface area contributed by atoms with Crippen LogP contribution in [0, 0.1) is 5.92 Å². The highest BCUT2D eigenvalue weighted by Crippen LogP contribution is 2.28. The van der Waals surface area contributed by atoms with Gasteiger partial charge >= 0.3 is 0 Å². The van der Waals surface area contributed by atoms with Crippen LogP contribution in [0.25, 0.3) is 0 Å². The zero-order valence-corrected chi connectivity index (χ0v) is 13.7. The van der Waals surface area contributed by atoms with Gasteiger partial charge in [-0.15, -0.1) is 0 Å². The van der Waals surface area contributed by atoms with Gasteiger partial charge in [0.2, 0.25) is 0 Å². The van der Waals surface area contributed by atoms with Crippen LogP contribution in [0.15, 0.2) is 4.99 Å². The van der Waals surface area contributed by atoms with Crippen molar-refractivity contribution in [2.75, 3.05) is 13.7 Å². The minimum Gasteiger partial charge on any atom is -0.377 e. The molecule has 1 saturated carbocycles. The Balaban J connectivity index is 1.59. The number of hydrogen-bond donors (Lipinski definition) is 2. The summed E-state index contributed by atoms with van der Waals surface area (Å²) in [7, 11) is 1.67. The van der Waals surface area contributed by atoms with Crippen molar-refractivity contribution in [1.29, 1.82) is 0 Å². The van der Waals surface area contributed by atoms with Crippen LogP contribution in [-0.2, 0) is 24.3 Å². The van der Waals surface area contributed by atoms with Crippen LogP contribution in [0.4, 0.5) is 0 Å². The molecule has 0 aromatic carbocycles. The molecule has 0 saturated heterocycles. The smallest absolute Gasteiger partial charge is 0.191 e. The Bertz CT molecular complexity index is 540. The number of nitrogens with zero attached hydrogens (tertiary/aromatic N) is 4. The van der Waals surface area contributed by atoms with Crippen LogP contribution in [0.3, 0.4) is 0 Å². The maximum atomic E-state index is 5.11. The first kappa shape index (κ1) is 15.3. The average Bonchev–Trinajstić information content (AvgIpc) is 3.02. The summed E-state index contributed by atoms with van der Waals surface area (Å²) >= 11 is 0. The van der Waals surface area contributed by atoms with Crippen molar-refractivity contribution in [2.24, 2.45) is 10.9 Å². The summed E-state index contributed by atoms with van der Waals surface area (Å²) in [5, 5.41) is 11.6. The molecule has 1 fully saturated rings. The molecule has 22 heavy (non-hydrogen) atoms. The Labute approximate surface area is 131 Å². The van der Waals surface area contributed by atoms with Gasteiger partial charge in [-0.25, -0.2) is 9.67 Å². The van der Waals surface area contributed by atoms with Crippen LogP contribution in [0.1, 0.15) is 38.3 Å². The van der Waals surface area contributed by atoms with Gasteiger partial charge in [0.1, 0.15) is 12.4 Å². The molecule has 2 N–H and O–H groups in total. The predicted molar refractivity (Wildman–Crippen MR) is 84.7 cm³/mol. The molecule has 122 valence electrons. The first-order valence-electron chi connectivity index (χ1n) is 8.18. The molecular weight excluding hydrogens is 280 g/mol. The van der Waals surface area contributed by atoms with E-state index < -0.39 is 0 Å². The molecule has 3 atom stereocenters. The van der Waals surface area contributed by atoms with Crippen LogP contribution < -0.4 is 10.6 Å². The second-order valence-corrected chi connectivity index (χ2v) is 6.23. The van der Waals surface area contributed by atoms with E-state index in [-0.39, 0.29) is 0 Å². The molecule has 0 spiro atoms. The standard InChI is InChI=1S/C15H26N6O/c1-4-16-15(18-12-7-10(12)2)17-11-5-6-14-19-13(9-22-3)20-21(14)8-11/h10-12H,4-9H2,1-3H3,(H2,16,17,18). The maximum Gasteiger partial charge on any atom is 0.191 e. The van der Waals surface area contributed by atoms with E-state index in [1.54, 1.807) is 7.11 Å². The fourth-order valence-corrected chi connectivity index (χ4v) is 2.85. The highest BCUT2D eigenvalue weighted by Gasteiger charge is 2.33. The molecule has 1 aliphatic heterocycles. The van der Waals surface area contributed by atoms with Crippen molar-refractivity contribution in [3.8, 4) is 0 Å². The third-order valence-electron chi connectivity index (χ3n) is 4.26. The number of rotatable bonds is 5. The molecule has 7 nitrogen and oxygen atoms in total. The van der Waals surface area contributed by atoms with E-state index in [1.807, 2.05) is 4.68 Å². The topological polar surface area (TPSA) is 76.4 Å². The minimum absolute atomic E-state index is 0.344. The third kappa shape index (κ3) is 3.58. The Hall–Kier alpha value is -1.63. The van der Waals surface area contributed by atoms with Crippen molar-refractivity contribution < 1.29 is 4.74 Å². The van der Waals surface area contributed by atoms with Gasteiger partial charge in [0, 0.05) is 32.2 Å². The van der Waals surface area contributed by atoms with E-state index in [4.69, 9.17) is 4.74 Å². The molecule has 1 aromatic heterocycles. The molecule has 1 aromatic rings. The number of hydrogen-bond acceptors (Lipinski definition) is 4. The quantitative estimate of drug-likeness (QED) is 0.619. The molecule has 0 amide bonds. The van der Waals surface area contributed by atoms with Crippen molar-refractivity contribution in [3.05, 3.63) is 11.6 Å². The van der Waals surface area contributed by atoms with Gasteiger partial charge in [-0.3, -0.25) is 4.99 Å². The summed E-state index contributed by atoms with van der Waals surface area (Å²) in [6.07, 6.45) is 3.23. The maximum absolute atomic E-state index is 5.11. The number of fused-ring (bicyclic) bond motifs is 1. The Morgan fingerprint density at radius 2 is 2.27 bits per heavy atom. The molecule has 1 aliphatic carbocycles. The third-order valence-corrected chi connectivity index (χ3v) is 4.26. The lowest BCUT2D eigenvalue weighted by Gasteiger charge is -2.25. The Morgan fingerprint density at radius 3 is 2.95 bits per heavy atom. The van der Waals surface area contributed by atoms with Gasteiger partial charge in [-0.2, -0.15) is 5.10 Å². The summed E-state index contributed by atoms with van der Waals surface area (Å²) < 4.78 is 7.11. The van der Waals surface area contributed by atoms with E-state index in [2.05, 4.69) is 39.6 Å². The van der Waals surface area contributed by atoms with Crippen LogP contribution in [0.5, 0.6) is 0 Å². The second-order valence-electron chi connectivity index (χ2n) is 6.23. The fraction of sp³-hybridized carbons (Fsp3) is 0.800. The monoisotopic (exact) mass is 306 g/mol. The lowest BCUT2D eigenvalue weighted by atomic mass is 10.1. The van der Waals surface area contributed by atoms with Crippen LogP contribution in [-0.4, -0.2) is 46.5 Å². The van der Waals surface area contributed by atoms with Crippen molar-refractivity contribution in [3.63, 3.8) is 0 Å².